The number of carbonyl (C=O) groups excluding carboxylic acids is 1. The number of nitrogens with zero attached hydrogens (tertiary/aromatic N) is 2. The Balaban J connectivity index is 1.46. The molecule has 7 nitrogen and oxygen atoms in total. The van der Waals surface area contributed by atoms with Crippen molar-refractivity contribution in [2.75, 3.05) is 20.0 Å². The van der Waals surface area contributed by atoms with Gasteiger partial charge in [0.15, 0.2) is 11.5 Å². The van der Waals surface area contributed by atoms with Gasteiger partial charge < -0.3 is 19.5 Å². The molecule has 0 radical (unpaired) electrons. The van der Waals surface area contributed by atoms with Crippen molar-refractivity contribution in [3.63, 3.8) is 0 Å². The summed E-state index contributed by atoms with van der Waals surface area (Å²) >= 11 is 0. The number of ether oxygens (including phenoxy) is 3. The Bertz CT molecular complexity index is 765. The second-order valence-corrected chi connectivity index (χ2v) is 6.03. The van der Waals surface area contributed by atoms with E-state index in [1.807, 2.05) is 25.2 Å². The summed E-state index contributed by atoms with van der Waals surface area (Å²) in [7, 11) is 1.83. The second kappa shape index (κ2) is 6.16. The molecule has 0 saturated carbocycles. The van der Waals surface area contributed by atoms with Crippen molar-refractivity contribution >= 4 is 5.91 Å². The molecule has 4 rings (SSSR count). The van der Waals surface area contributed by atoms with E-state index in [4.69, 9.17) is 14.2 Å². The molecule has 1 saturated heterocycles. The lowest BCUT2D eigenvalue weighted by molar-refractivity contribution is 0.0949. The SMILES string of the molecule is Cn1cc(C(=O)NCc2ccc3c(c2)OCO3)c(C2CCOC2)n1. The molecule has 2 aromatic rings. The van der Waals surface area contributed by atoms with E-state index >= 15 is 0 Å². The maximum absolute atomic E-state index is 12.6. The number of carbonyl (C=O) groups is 1. The Labute approximate surface area is 139 Å². The van der Waals surface area contributed by atoms with E-state index in [1.54, 1.807) is 10.9 Å². The van der Waals surface area contributed by atoms with Gasteiger partial charge in [-0.15, -0.1) is 0 Å². The summed E-state index contributed by atoms with van der Waals surface area (Å²) < 4.78 is 17.8. The lowest BCUT2D eigenvalue weighted by Gasteiger charge is -2.09. The van der Waals surface area contributed by atoms with Crippen LogP contribution in [0.25, 0.3) is 0 Å². The molecule has 2 aliphatic rings. The van der Waals surface area contributed by atoms with E-state index in [2.05, 4.69) is 10.4 Å². The molecular weight excluding hydrogens is 310 g/mol. The third kappa shape index (κ3) is 2.82. The predicted molar refractivity (Wildman–Crippen MR) is 85.1 cm³/mol. The Kier molecular flexibility index (Phi) is 3.86. The summed E-state index contributed by atoms with van der Waals surface area (Å²) in [6, 6.07) is 5.66. The highest BCUT2D eigenvalue weighted by Crippen LogP contribution is 2.32. The quantitative estimate of drug-likeness (QED) is 0.922. The molecule has 24 heavy (non-hydrogen) atoms. The van der Waals surface area contributed by atoms with E-state index in [0.717, 1.165) is 30.0 Å². The average molecular weight is 329 g/mol. The predicted octanol–water partition coefficient (Wildman–Crippen LogP) is 1.58. The summed E-state index contributed by atoms with van der Waals surface area (Å²) in [5.41, 5.74) is 2.40. The van der Waals surface area contributed by atoms with Gasteiger partial charge in [0.1, 0.15) is 0 Å². The highest BCUT2D eigenvalue weighted by atomic mass is 16.7. The zero-order chi connectivity index (χ0) is 16.5. The zero-order valence-corrected chi connectivity index (χ0v) is 13.4. The fourth-order valence-electron chi connectivity index (χ4n) is 3.06. The van der Waals surface area contributed by atoms with Gasteiger partial charge in [0.25, 0.3) is 5.91 Å². The van der Waals surface area contributed by atoms with Crippen LogP contribution in [0.3, 0.4) is 0 Å². The molecule has 1 atom stereocenters. The lowest BCUT2D eigenvalue weighted by atomic mass is 10.0. The third-order valence-electron chi connectivity index (χ3n) is 4.31. The van der Waals surface area contributed by atoms with Gasteiger partial charge in [-0.05, 0) is 24.1 Å². The van der Waals surface area contributed by atoms with Crippen LogP contribution >= 0.6 is 0 Å². The number of aryl methyl sites for hydroxylation is 1. The number of hydrogen-bond acceptors (Lipinski definition) is 5. The number of nitrogens with one attached hydrogen (secondary N) is 1. The largest absolute Gasteiger partial charge is 0.454 e. The number of aromatic nitrogens is 2. The van der Waals surface area contributed by atoms with Crippen molar-refractivity contribution in [2.45, 2.75) is 18.9 Å². The van der Waals surface area contributed by atoms with Gasteiger partial charge in [0.2, 0.25) is 6.79 Å². The summed E-state index contributed by atoms with van der Waals surface area (Å²) in [6.45, 7) is 2.01. The minimum absolute atomic E-state index is 0.123. The topological polar surface area (TPSA) is 74.6 Å². The van der Waals surface area contributed by atoms with Gasteiger partial charge in [-0.2, -0.15) is 5.10 Å². The normalized spacial score (nSPS) is 18.8. The summed E-state index contributed by atoms with van der Waals surface area (Å²) in [6.07, 6.45) is 2.67. The molecule has 1 N–H and O–H groups in total. The fraction of sp³-hybridized carbons (Fsp3) is 0.412. The van der Waals surface area contributed by atoms with Crippen LogP contribution in [0.1, 0.15) is 34.0 Å². The molecule has 0 spiro atoms. The Morgan fingerprint density at radius 3 is 3.08 bits per heavy atom. The first kappa shape index (κ1) is 15.0. The number of rotatable bonds is 4. The van der Waals surface area contributed by atoms with Crippen molar-refractivity contribution in [2.24, 2.45) is 7.05 Å². The maximum atomic E-state index is 12.6. The standard InChI is InChI=1S/C17H19N3O4/c1-20-8-13(16(19-20)12-4-5-22-9-12)17(21)18-7-11-2-3-14-15(6-11)24-10-23-14/h2-3,6,8,12H,4-5,7,9-10H2,1H3,(H,18,21). The molecule has 3 heterocycles. The van der Waals surface area contributed by atoms with Gasteiger partial charge in [-0.25, -0.2) is 0 Å². The van der Waals surface area contributed by atoms with E-state index in [0.29, 0.717) is 24.5 Å². The fourth-order valence-corrected chi connectivity index (χ4v) is 3.06. The van der Waals surface area contributed by atoms with E-state index in [-0.39, 0.29) is 18.6 Å². The van der Waals surface area contributed by atoms with Crippen LogP contribution in [0.15, 0.2) is 24.4 Å². The Hall–Kier alpha value is -2.54. The molecule has 1 amide bonds. The van der Waals surface area contributed by atoms with Gasteiger partial charge >= 0.3 is 0 Å². The molecule has 1 aromatic heterocycles. The van der Waals surface area contributed by atoms with E-state index in [9.17, 15) is 4.79 Å². The monoisotopic (exact) mass is 329 g/mol. The van der Waals surface area contributed by atoms with Crippen molar-refractivity contribution < 1.29 is 19.0 Å². The zero-order valence-electron chi connectivity index (χ0n) is 13.4. The summed E-state index contributed by atoms with van der Waals surface area (Å²) in [5, 5.41) is 7.41. The second-order valence-electron chi connectivity index (χ2n) is 6.03. The molecule has 0 bridgehead atoms. The smallest absolute Gasteiger partial charge is 0.255 e. The lowest BCUT2D eigenvalue weighted by Crippen LogP contribution is -2.24. The van der Waals surface area contributed by atoms with Crippen LogP contribution in [0.2, 0.25) is 0 Å². The van der Waals surface area contributed by atoms with Crippen LogP contribution in [0.4, 0.5) is 0 Å². The molecule has 126 valence electrons. The van der Waals surface area contributed by atoms with Crippen LogP contribution < -0.4 is 14.8 Å². The molecule has 1 aromatic carbocycles. The minimum atomic E-state index is -0.123. The first-order valence-electron chi connectivity index (χ1n) is 7.99. The van der Waals surface area contributed by atoms with Crippen LogP contribution in [0, 0.1) is 0 Å². The molecule has 1 fully saturated rings. The van der Waals surface area contributed by atoms with Crippen molar-refractivity contribution in [3.8, 4) is 11.5 Å². The number of amides is 1. The van der Waals surface area contributed by atoms with Crippen molar-refractivity contribution in [3.05, 3.63) is 41.2 Å². The third-order valence-corrected chi connectivity index (χ3v) is 4.31. The van der Waals surface area contributed by atoms with Crippen LogP contribution in [-0.4, -0.2) is 35.7 Å². The number of hydrogen-bond donors (Lipinski definition) is 1. The summed E-state index contributed by atoms with van der Waals surface area (Å²) in [5.74, 6) is 1.52. The van der Waals surface area contributed by atoms with Gasteiger partial charge in [-0.1, -0.05) is 6.07 Å². The van der Waals surface area contributed by atoms with Gasteiger partial charge in [0, 0.05) is 32.3 Å². The summed E-state index contributed by atoms with van der Waals surface area (Å²) in [4.78, 5) is 12.6. The highest BCUT2D eigenvalue weighted by molar-refractivity contribution is 5.95. The van der Waals surface area contributed by atoms with Crippen molar-refractivity contribution in [1.29, 1.82) is 0 Å². The first-order chi connectivity index (χ1) is 11.7. The Morgan fingerprint density at radius 1 is 1.38 bits per heavy atom. The van der Waals surface area contributed by atoms with Gasteiger partial charge in [-0.3, -0.25) is 9.48 Å². The van der Waals surface area contributed by atoms with E-state index in [1.165, 1.54) is 0 Å². The number of fused-ring (bicyclic) bond motifs is 1. The van der Waals surface area contributed by atoms with Crippen molar-refractivity contribution in [1.82, 2.24) is 15.1 Å². The molecule has 0 aliphatic carbocycles. The van der Waals surface area contributed by atoms with E-state index < -0.39 is 0 Å². The molecular formula is C17H19N3O4. The molecule has 7 heteroatoms. The molecule has 1 unspecified atom stereocenters. The Morgan fingerprint density at radius 2 is 2.25 bits per heavy atom. The van der Waals surface area contributed by atoms with Crippen LogP contribution in [-0.2, 0) is 18.3 Å². The average Bonchev–Trinajstić information content (AvgIpc) is 3.31. The minimum Gasteiger partial charge on any atom is -0.454 e. The van der Waals surface area contributed by atoms with Crippen LogP contribution in [0.5, 0.6) is 11.5 Å². The highest BCUT2D eigenvalue weighted by Gasteiger charge is 2.26. The number of benzene rings is 1. The first-order valence-corrected chi connectivity index (χ1v) is 7.99. The molecule has 2 aliphatic heterocycles. The van der Waals surface area contributed by atoms with Gasteiger partial charge in [0.05, 0.1) is 17.9 Å². The maximum Gasteiger partial charge on any atom is 0.255 e.